The molecule has 1 N–H and O–H groups in total. The summed E-state index contributed by atoms with van der Waals surface area (Å²) >= 11 is 0. The number of alkyl halides is 3. The second-order valence-corrected chi connectivity index (χ2v) is 9.18. The molecule has 0 atom stereocenters. The molecule has 1 aliphatic rings. The molecule has 1 aliphatic heterocycles. The van der Waals surface area contributed by atoms with E-state index in [1.807, 2.05) is 13.0 Å². The molecule has 1 saturated heterocycles. The molecule has 2 aromatic rings. The van der Waals surface area contributed by atoms with Crippen LogP contribution >= 0.6 is 0 Å². The van der Waals surface area contributed by atoms with Crippen molar-refractivity contribution in [3.05, 3.63) is 60.8 Å². The number of halogens is 3. The summed E-state index contributed by atoms with van der Waals surface area (Å²) in [6.07, 6.45) is 3.95. The zero-order valence-electron chi connectivity index (χ0n) is 22.9. The highest BCUT2D eigenvalue weighted by Crippen LogP contribution is 2.38. The normalized spacial score (nSPS) is 13.9. The minimum absolute atomic E-state index is 0.141. The minimum Gasteiger partial charge on any atom is -0.406 e. The lowest BCUT2D eigenvalue weighted by molar-refractivity contribution is -0.274. The number of likely N-dealkylation sites (N-methyl/N-ethyl adjacent to an activating group) is 1. The van der Waals surface area contributed by atoms with Gasteiger partial charge in [-0.05, 0) is 75.3 Å². The van der Waals surface area contributed by atoms with E-state index in [-0.39, 0.29) is 11.5 Å². The Bertz CT molecular complexity index is 1080. The first-order chi connectivity index (χ1) is 18.0. The molecule has 1 aromatic heterocycles. The van der Waals surface area contributed by atoms with E-state index in [1.165, 1.54) is 23.8 Å². The fourth-order valence-electron chi connectivity index (χ4n) is 4.00. The Hall–Kier alpha value is -3.33. The van der Waals surface area contributed by atoms with Crippen LogP contribution in [-0.4, -0.2) is 55.3 Å². The van der Waals surface area contributed by atoms with Crippen molar-refractivity contribution in [3.8, 4) is 5.75 Å². The van der Waals surface area contributed by atoms with E-state index in [0.29, 0.717) is 24.0 Å². The van der Waals surface area contributed by atoms with Crippen LogP contribution in [-0.2, 0) is 4.79 Å². The largest absolute Gasteiger partial charge is 0.573 e. The lowest BCUT2D eigenvalue weighted by Crippen LogP contribution is -2.57. The highest BCUT2D eigenvalue weighted by atomic mass is 19.4. The Morgan fingerprint density at radius 3 is 2.32 bits per heavy atom. The molecule has 0 spiro atoms. The standard InChI is InChI=1S/C23H29F3N4O.C6H10O/c1-5-7-16(6-2)21-20(30-14-18(15-30)29(3)4)12-13-27-22(21)28-17-8-10-19(11-9-17)31-23(24,25)26;1-3-5-6(7)4-2/h7-13,18H,5-6,14-15H2,1-4H3,(H,27,28);4H,2-3,5H2,1H3/b16-7+;. The van der Waals surface area contributed by atoms with Crippen LogP contribution in [0.3, 0.4) is 0 Å². The Balaban J connectivity index is 0.000000638. The predicted molar refractivity (Wildman–Crippen MR) is 149 cm³/mol. The Kier molecular flexibility index (Phi) is 11.8. The van der Waals surface area contributed by atoms with E-state index >= 15 is 0 Å². The summed E-state index contributed by atoms with van der Waals surface area (Å²) in [5, 5.41) is 3.29. The van der Waals surface area contributed by atoms with Crippen molar-refractivity contribution in [3.63, 3.8) is 0 Å². The zero-order valence-corrected chi connectivity index (χ0v) is 22.9. The number of allylic oxidation sites excluding steroid dienone is 3. The van der Waals surface area contributed by atoms with Gasteiger partial charge in [-0.3, -0.25) is 4.79 Å². The number of nitrogens with zero attached hydrogens (tertiary/aromatic N) is 3. The number of hydrogen-bond donors (Lipinski definition) is 1. The number of carbonyl (C=O) groups is 1. The van der Waals surface area contributed by atoms with Crippen LogP contribution in [0.5, 0.6) is 5.75 Å². The summed E-state index contributed by atoms with van der Waals surface area (Å²) in [7, 11) is 4.17. The third-order valence-electron chi connectivity index (χ3n) is 6.09. The predicted octanol–water partition coefficient (Wildman–Crippen LogP) is 7.22. The molecule has 2 heterocycles. The maximum Gasteiger partial charge on any atom is 0.573 e. The van der Waals surface area contributed by atoms with Crippen molar-refractivity contribution in [2.75, 3.05) is 37.4 Å². The molecule has 1 aromatic carbocycles. The third-order valence-corrected chi connectivity index (χ3v) is 6.09. The smallest absolute Gasteiger partial charge is 0.406 e. The Morgan fingerprint density at radius 2 is 1.84 bits per heavy atom. The molecule has 1 fully saturated rings. The number of nitrogens with one attached hydrogen (secondary N) is 1. The van der Waals surface area contributed by atoms with E-state index in [1.54, 1.807) is 18.3 Å². The summed E-state index contributed by atoms with van der Waals surface area (Å²) in [6, 6.07) is 8.24. The molecule has 0 unspecified atom stereocenters. The summed E-state index contributed by atoms with van der Waals surface area (Å²) in [5.74, 6) is 0.578. The summed E-state index contributed by atoms with van der Waals surface area (Å²) in [5.41, 5.74) is 3.99. The van der Waals surface area contributed by atoms with Gasteiger partial charge in [0.05, 0.1) is 0 Å². The van der Waals surface area contributed by atoms with Crippen molar-refractivity contribution in [1.29, 1.82) is 0 Å². The van der Waals surface area contributed by atoms with Gasteiger partial charge in [0.2, 0.25) is 0 Å². The number of anilines is 3. The summed E-state index contributed by atoms with van der Waals surface area (Å²) < 4.78 is 41.2. The van der Waals surface area contributed by atoms with E-state index in [9.17, 15) is 18.0 Å². The van der Waals surface area contributed by atoms with Gasteiger partial charge in [-0.25, -0.2) is 4.98 Å². The fourth-order valence-corrected chi connectivity index (χ4v) is 4.00. The molecule has 208 valence electrons. The Labute approximate surface area is 224 Å². The zero-order chi connectivity index (χ0) is 28.3. The fraction of sp³-hybridized carbons (Fsp3) is 0.448. The van der Waals surface area contributed by atoms with Crippen molar-refractivity contribution in [1.82, 2.24) is 9.88 Å². The van der Waals surface area contributed by atoms with Crippen molar-refractivity contribution >= 4 is 28.5 Å². The van der Waals surface area contributed by atoms with Crippen LogP contribution in [0.15, 0.2) is 55.3 Å². The molecule has 0 saturated carbocycles. The molecule has 0 aliphatic carbocycles. The van der Waals surface area contributed by atoms with Gasteiger partial charge in [0.15, 0.2) is 5.78 Å². The molecule has 38 heavy (non-hydrogen) atoms. The van der Waals surface area contributed by atoms with Crippen LogP contribution in [0.1, 0.15) is 52.0 Å². The number of ketones is 1. The highest BCUT2D eigenvalue weighted by Gasteiger charge is 2.32. The van der Waals surface area contributed by atoms with Crippen LogP contribution in [0, 0.1) is 0 Å². The molecule has 0 radical (unpaired) electrons. The molecule has 9 heteroatoms. The monoisotopic (exact) mass is 532 g/mol. The number of carbonyl (C=O) groups excluding carboxylic acids is 1. The topological polar surface area (TPSA) is 57.7 Å². The number of pyridine rings is 1. The molecule has 3 rings (SSSR count). The van der Waals surface area contributed by atoms with Gasteiger partial charge < -0.3 is 19.9 Å². The minimum atomic E-state index is -4.71. The number of hydrogen-bond acceptors (Lipinski definition) is 6. The maximum atomic E-state index is 12.4. The molecule has 0 bridgehead atoms. The summed E-state index contributed by atoms with van der Waals surface area (Å²) in [4.78, 5) is 19.4. The van der Waals surface area contributed by atoms with Crippen LogP contribution in [0.2, 0.25) is 0 Å². The molecular weight excluding hydrogens is 493 g/mol. The van der Waals surface area contributed by atoms with Gasteiger partial charge in [-0.1, -0.05) is 33.4 Å². The maximum absolute atomic E-state index is 12.4. The van der Waals surface area contributed by atoms with Crippen molar-refractivity contribution < 1.29 is 22.7 Å². The number of ether oxygens (including phenoxy) is 1. The van der Waals surface area contributed by atoms with Crippen LogP contribution in [0.4, 0.5) is 30.4 Å². The van der Waals surface area contributed by atoms with Crippen LogP contribution in [0.25, 0.3) is 5.57 Å². The van der Waals surface area contributed by atoms with Crippen molar-refractivity contribution in [2.45, 2.75) is 58.9 Å². The van der Waals surface area contributed by atoms with Gasteiger partial charge in [0, 0.05) is 48.7 Å². The summed E-state index contributed by atoms with van der Waals surface area (Å²) in [6.45, 7) is 11.4. The lowest BCUT2D eigenvalue weighted by Gasteiger charge is -2.45. The van der Waals surface area contributed by atoms with Gasteiger partial charge in [-0.15, -0.1) is 13.2 Å². The average molecular weight is 533 g/mol. The van der Waals surface area contributed by atoms with Crippen LogP contribution < -0.4 is 15.0 Å². The van der Waals surface area contributed by atoms with E-state index in [4.69, 9.17) is 0 Å². The SMILES string of the molecule is C=CC(=O)CCC.CC/C=C(\CC)c1c(N2CC(N(C)C)C2)ccnc1Nc1ccc(OC(F)(F)F)cc1. The molecule has 6 nitrogen and oxygen atoms in total. The van der Waals surface area contributed by atoms with Gasteiger partial charge in [0.25, 0.3) is 0 Å². The lowest BCUT2D eigenvalue weighted by atomic mass is 9.97. The first kappa shape index (κ1) is 30.9. The number of aromatic nitrogens is 1. The molecular formula is C29H39F3N4O2. The Morgan fingerprint density at radius 1 is 1.18 bits per heavy atom. The quantitative estimate of drug-likeness (QED) is 0.309. The highest BCUT2D eigenvalue weighted by molar-refractivity contribution is 5.89. The van der Waals surface area contributed by atoms with E-state index < -0.39 is 6.36 Å². The van der Waals surface area contributed by atoms with Crippen molar-refractivity contribution in [2.24, 2.45) is 0 Å². The van der Waals surface area contributed by atoms with Gasteiger partial charge >= 0.3 is 6.36 Å². The first-order valence-corrected chi connectivity index (χ1v) is 12.9. The van der Waals surface area contributed by atoms with Gasteiger partial charge in [0.1, 0.15) is 11.6 Å². The molecule has 0 amide bonds. The van der Waals surface area contributed by atoms with E-state index in [2.05, 4.69) is 65.4 Å². The first-order valence-electron chi connectivity index (χ1n) is 12.9. The second kappa shape index (κ2) is 14.6. The third kappa shape index (κ3) is 9.20. The van der Waals surface area contributed by atoms with E-state index in [0.717, 1.165) is 43.6 Å². The van der Waals surface area contributed by atoms with Gasteiger partial charge in [-0.2, -0.15) is 0 Å². The number of benzene rings is 1. The number of rotatable bonds is 11. The average Bonchev–Trinajstić information content (AvgIpc) is 2.83. The second-order valence-electron chi connectivity index (χ2n) is 9.18.